The van der Waals surface area contributed by atoms with E-state index >= 15 is 0 Å². The van der Waals surface area contributed by atoms with Crippen molar-refractivity contribution in [2.45, 2.75) is 6.54 Å². The summed E-state index contributed by atoms with van der Waals surface area (Å²) in [5.41, 5.74) is 4.97. The second-order valence-corrected chi connectivity index (χ2v) is 5.10. The number of anilines is 1. The molecule has 0 radical (unpaired) electrons. The van der Waals surface area contributed by atoms with Gasteiger partial charge >= 0.3 is 0 Å². The van der Waals surface area contributed by atoms with Crippen molar-refractivity contribution in [3.63, 3.8) is 0 Å². The van der Waals surface area contributed by atoms with Crippen molar-refractivity contribution in [2.75, 3.05) is 5.43 Å². The molecule has 0 aliphatic rings. The van der Waals surface area contributed by atoms with Crippen LogP contribution in [0.5, 0.6) is 0 Å². The quantitative estimate of drug-likeness (QED) is 0.429. The first-order chi connectivity index (χ1) is 11.7. The van der Waals surface area contributed by atoms with Gasteiger partial charge in [-0.3, -0.25) is 20.2 Å². The molecule has 0 amide bonds. The molecule has 0 spiro atoms. The Morgan fingerprint density at radius 2 is 1.92 bits per heavy atom. The molecule has 7 nitrogen and oxygen atoms in total. The summed E-state index contributed by atoms with van der Waals surface area (Å²) in [6.45, 7) is 0.673. The fourth-order valence-electron chi connectivity index (χ4n) is 2.21. The van der Waals surface area contributed by atoms with Crippen LogP contribution in [0.4, 0.5) is 11.4 Å². The SMILES string of the molecule is O=[N+]([O-])c1ccccc1N/N=C\c1cnn(Cc2ccccc2)c1. The van der Waals surface area contributed by atoms with E-state index in [4.69, 9.17) is 0 Å². The topological polar surface area (TPSA) is 85.3 Å². The minimum Gasteiger partial charge on any atom is -0.272 e. The highest BCUT2D eigenvalue weighted by Crippen LogP contribution is 2.22. The number of nitro benzene ring substituents is 1. The fraction of sp³-hybridized carbons (Fsp3) is 0.0588. The van der Waals surface area contributed by atoms with Crippen molar-refractivity contribution >= 4 is 17.6 Å². The van der Waals surface area contributed by atoms with E-state index in [1.54, 1.807) is 30.6 Å². The predicted octanol–water partition coefficient (Wildman–Crippen LogP) is 3.29. The number of nitrogens with zero attached hydrogens (tertiary/aromatic N) is 4. The third-order valence-electron chi connectivity index (χ3n) is 3.34. The minimum atomic E-state index is -0.449. The van der Waals surface area contributed by atoms with Crippen molar-refractivity contribution < 1.29 is 4.92 Å². The highest BCUT2D eigenvalue weighted by Gasteiger charge is 2.10. The molecule has 1 aromatic heterocycles. The summed E-state index contributed by atoms with van der Waals surface area (Å²) in [7, 11) is 0. The zero-order chi connectivity index (χ0) is 16.8. The van der Waals surface area contributed by atoms with Gasteiger partial charge in [-0.15, -0.1) is 0 Å². The van der Waals surface area contributed by atoms with Crippen LogP contribution in [-0.4, -0.2) is 20.9 Å². The van der Waals surface area contributed by atoms with Crippen molar-refractivity contribution in [2.24, 2.45) is 5.10 Å². The number of benzene rings is 2. The van der Waals surface area contributed by atoms with Crippen LogP contribution in [0.1, 0.15) is 11.1 Å². The number of hydrazone groups is 1. The monoisotopic (exact) mass is 321 g/mol. The first kappa shape index (κ1) is 15.4. The summed E-state index contributed by atoms with van der Waals surface area (Å²) < 4.78 is 1.81. The van der Waals surface area contributed by atoms with Crippen molar-refractivity contribution in [1.29, 1.82) is 0 Å². The van der Waals surface area contributed by atoms with Crippen molar-refractivity contribution in [1.82, 2.24) is 9.78 Å². The first-order valence-corrected chi connectivity index (χ1v) is 7.31. The van der Waals surface area contributed by atoms with E-state index in [0.29, 0.717) is 12.2 Å². The molecule has 0 saturated carbocycles. The number of nitrogens with one attached hydrogen (secondary N) is 1. The van der Waals surface area contributed by atoms with Crippen molar-refractivity contribution in [3.8, 4) is 0 Å². The smallest absolute Gasteiger partial charge is 0.272 e. The number of hydrogen-bond acceptors (Lipinski definition) is 5. The van der Waals surface area contributed by atoms with E-state index in [1.807, 2.05) is 41.2 Å². The number of nitro groups is 1. The molecule has 0 unspecified atom stereocenters. The molecule has 0 bridgehead atoms. The summed E-state index contributed by atoms with van der Waals surface area (Å²) in [4.78, 5) is 10.5. The molecule has 24 heavy (non-hydrogen) atoms. The van der Waals surface area contributed by atoms with E-state index < -0.39 is 4.92 Å². The van der Waals surface area contributed by atoms with E-state index in [2.05, 4.69) is 15.6 Å². The maximum Gasteiger partial charge on any atom is 0.294 e. The molecule has 1 heterocycles. The molecule has 7 heteroatoms. The molecule has 0 saturated heterocycles. The summed E-state index contributed by atoms with van der Waals surface area (Å²) >= 11 is 0. The molecule has 0 fully saturated rings. The van der Waals surface area contributed by atoms with Gasteiger partial charge in [0.25, 0.3) is 5.69 Å². The lowest BCUT2D eigenvalue weighted by Crippen LogP contribution is -1.99. The summed E-state index contributed by atoms with van der Waals surface area (Å²) in [6, 6.07) is 16.4. The van der Waals surface area contributed by atoms with Gasteiger partial charge in [0.05, 0.1) is 23.9 Å². The Morgan fingerprint density at radius 1 is 1.17 bits per heavy atom. The lowest BCUT2D eigenvalue weighted by Gasteiger charge is -2.01. The van der Waals surface area contributed by atoms with Gasteiger partial charge < -0.3 is 0 Å². The predicted molar refractivity (Wildman–Crippen MR) is 92.1 cm³/mol. The first-order valence-electron chi connectivity index (χ1n) is 7.31. The second kappa shape index (κ2) is 7.19. The van der Waals surface area contributed by atoms with Gasteiger partial charge in [-0.1, -0.05) is 42.5 Å². The van der Waals surface area contributed by atoms with Crippen LogP contribution in [0.25, 0.3) is 0 Å². The molecule has 3 aromatic rings. The number of rotatable bonds is 6. The second-order valence-electron chi connectivity index (χ2n) is 5.10. The fourth-order valence-corrected chi connectivity index (χ4v) is 2.21. The van der Waals surface area contributed by atoms with Crippen LogP contribution in [0.3, 0.4) is 0 Å². The Balaban J connectivity index is 1.65. The Morgan fingerprint density at radius 3 is 2.71 bits per heavy atom. The van der Waals surface area contributed by atoms with E-state index in [9.17, 15) is 10.1 Å². The Kier molecular flexibility index (Phi) is 4.62. The van der Waals surface area contributed by atoms with Gasteiger partial charge in [-0.05, 0) is 11.6 Å². The summed E-state index contributed by atoms with van der Waals surface area (Å²) in [6.07, 6.45) is 5.12. The molecule has 1 N–H and O–H groups in total. The van der Waals surface area contributed by atoms with E-state index in [-0.39, 0.29) is 5.69 Å². The highest BCUT2D eigenvalue weighted by molar-refractivity contribution is 5.79. The van der Waals surface area contributed by atoms with Gasteiger partial charge in [-0.2, -0.15) is 10.2 Å². The largest absolute Gasteiger partial charge is 0.294 e. The van der Waals surface area contributed by atoms with Gasteiger partial charge in [0, 0.05) is 17.8 Å². The van der Waals surface area contributed by atoms with Gasteiger partial charge in [0.15, 0.2) is 0 Å². The molecule has 2 aromatic carbocycles. The number of hydrogen-bond donors (Lipinski definition) is 1. The zero-order valence-electron chi connectivity index (χ0n) is 12.7. The standard InChI is InChI=1S/C17H15N5O2/c23-22(24)17-9-5-4-8-16(17)20-18-10-15-11-19-21(13-15)12-14-6-2-1-3-7-14/h1-11,13,20H,12H2/b18-10-. The normalized spacial score (nSPS) is 10.8. The molecule has 120 valence electrons. The maximum atomic E-state index is 10.9. The molecule has 0 aliphatic carbocycles. The van der Waals surface area contributed by atoms with Gasteiger partial charge in [0.1, 0.15) is 5.69 Å². The van der Waals surface area contributed by atoms with Crippen LogP contribution >= 0.6 is 0 Å². The summed E-state index contributed by atoms with van der Waals surface area (Å²) in [5, 5.41) is 19.2. The summed E-state index contributed by atoms with van der Waals surface area (Å²) in [5.74, 6) is 0. The van der Waals surface area contributed by atoms with Gasteiger partial charge in [-0.25, -0.2) is 0 Å². The lowest BCUT2D eigenvalue weighted by atomic mass is 10.2. The third-order valence-corrected chi connectivity index (χ3v) is 3.34. The Bertz CT molecular complexity index is 858. The van der Waals surface area contributed by atoms with E-state index in [1.165, 1.54) is 6.07 Å². The molecule has 0 aliphatic heterocycles. The molecule has 0 atom stereocenters. The van der Waals surface area contributed by atoms with Crippen molar-refractivity contribution in [3.05, 3.63) is 88.2 Å². The molecule has 3 rings (SSSR count). The average Bonchev–Trinajstić information content (AvgIpc) is 3.03. The van der Waals surface area contributed by atoms with Crippen LogP contribution in [0, 0.1) is 10.1 Å². The van der Waals surface area contributed by atoms with Gasteiger partial charge in [0.2, 0.25) is 0 Å². The van der Waals surface area contributed by atoms with E-state index in [0.717, 1.165) is 11.1 Å². The Labute approximate surface area is 138 Å². The van der Waals surface area contributed by atoms with Crippen LogP contribution in [0.2, 0.25) is 0 Å². The van der Waals surface area contributed by atoms with Crippen LogP contribution < -0.4 is 5.43 Å². The number of para-hydroxylation sites is 2. The Hall–Kier alpha value is -3.48. The maximum absolute atomic E-state index is 10.9. The average molecular weight is 321 g/mol. The zero-order valence-corrected chi connectivity index (χ0v) is 12.7. The van der Waals surface area contributed by atoms with Crippen LogP contribution in [-0.2, 0) is 6.54 Å². The van der Waals surface area contributed by atoms with Crippen LogP contribution in [0.15, 0.2) is 72.1 Å². The lowest BCUT2D eigenvalue weighted by molar-refractivity contribution is -0.384. The number of aromatic nitrogens is 2. The molecular weight excluding hydrogens is 306 g/mol. The minimum absolute atomic E-state index is 0.0191. The highest BCUT2D eigenvalue weighted by atomic mass is 16.6. The third kappa shape index (κ3) is 3.83. The molecular formula is C17H15N5O2.